The largest absolute Gasteiger partial charge is 0.477 e. The molecule has 2 bridgehead atoms. The number of hydrogen-bond acceptors (Lipinski definition) is 7. The molecule has 0 fully saturated rings. The van der Waals surface area contributed by atoms with Gasteiger partial charge in [0.25, 0.3) is 0 Å². The average Bonchev–Trinajstić information content (AvgIpc) is 3.04. The molecule has 2 unspecified atom stereocenters. The Balaban J connectivity index is 1.84. The number of nitrogens with one attached hydrogen (secondary N) is 1. The fourth-order valence-electron chi connectivity index (χ4n) is 2.83. The summed E-state index contributed by atoms with van der Waals surface area (Å²) < 4.78 is 5.61. The minimum absolute atomic E-state index is 0.235. The molecule has 1 N–H and O–H groups in total. The van der Waals surface area contributed by atoms with E-state index in [1.165, 1.54) is 18.9 Å². The first-order valence-corrected chi connectivity index (χ1v) is 6.72. The van der Waals surface area contributed by atoms with Gasteiger partial charge in [-0.25, -0.2) is 15.0 Å². The lowest BCUT2D eigenvalue weighted by Gasteiger charge is -2.39. The van der Waals surface area contributed by atoms with E-state index in [1.54, 1.807) is 11.1 Å². The van der Waals surface area contributed by atoms with Crippen LogP contribution in [-0.4, -0.2) is 38.7 Å². The molecule has 2 aliphatic heterocycles. The van der Waals surface area contributed by atoms with E-state index in [2.05, 4.69) is 19.9 Å². The Morgan fingerprint density at radius 1 is 1.23 bits per heavy atom. The molecule has 8 heteroatoms. The predicted molar refractivity (Wildman–Crippen MR) is 75.4 cm³/mol. The minimum atomic E-state index is -0.341. The zero-order valence-electron chi connectivity index (χ0n) is 11.3. The molecule has 110 valence electrons. The van der Waals surface area contributed by atoms with Crippen molar-refractivity contribution >= 4 is 29.6 Å². The van der Waals surface area contributed by atoms with E-state index in [0.29, 0.717) is 34.5 Å². The number of carbonyl (C=O) groups excluding carboxylic acids is 2. The van der Waals surface area contributed by atoms with Crippen molar-refractivity contribution in [3.63, 3.8) is 0 Å². The highest BCUT2D eigenvalue weighted by atomic mass is 16.5. The molecule has 8 nitrogen and oxygen atoms in total. The van der Waals surface area contributed by atoms with E-state index in [9.17, 15) is 9.59 Å². The first-order valence-electron chi connectivity index (χ1n) is 6.72. The van der Waals surface area contributed by atoms with Crippen LogP contribution in [-0.2, 0) is 14.3 Å². The van der Waals surface area contributed by atoms with Crippen LogP contribution in [0.2, 0.25) is 0 Å². The zero-order valence-corrected chi connectivity index (χ0v) is 11.3. The lowest BCUT2D eigenvalue weighted by molar-refractivity contribution is -0.106. The highest BCUT2D eigenvalue weighted by molar-refractivity contribution is 5.87. The number of rotatable bonds is 3. The highest BCUT2D eigenvalue weighted by Crippen LogP contribution is 2.37. The summed E-state index contributed by atoms with van der Waals surface area (Å²) >= 11 is 0. The third kappa shape index (κ3) is 1.73. The molecule has 0 spiro atoms. The van der Waals surface area contributed by atoms with E-state index < -0.39 is 0 Å². The molecule has 0 radical (unpaired) electrons. The summed E-state index contributed by atoms with van der Waals surface area (Å²) in [5.74, 6) is 0.318. The fourth-order valence-corrected chi connectivity index (χ4v) is 2.83. The van der Waals surface area contributed by atoms with Gasteiger partial charge in [-0.3, -0.25) is 14.5 Å². The topological polar surface area (TPSA) is 101 Å². The Bertz CT molecular complexity index is 825. The maximum absolute atomic E-state index is 11.4. The smallest absolute Gasteiger partial charge is 0.177 e. The molecule has 4 rings (SSSR count). The molecule has 2 aromatic rings. The van der Waals surface area contributed by atoms with Gasteiger partial charge in [0, 0.05) is 29.7 Å². The van der Waals surface area contributed by atoms with Crippen molar-refractivity contribution in [2.45, 2.75) is 12.6 Å². The molecule has 0 aliphatic carbocycles. The number of aromatic amines is 1. The number of carbonyl (C=O) groups is 2. The number of aromatic nitrogens is 4. The molecular formula is C14H11N5O3. The summed E-state index contributed by atoms with van der Waals surface area (Å²) in [7, 11) is 0. The number of allylic oxidation sites excluding steroid dienone is 2. The van der Waals surface area contributed by atoms with Gasteiger partial charge in [-0.15, -0.1) is 0 Å². The van der Waals surface area contributed by atoms with Crippen molar-refractivity contribution in [2.75, 3.05) is 4.90 Å². The van der Waals surface area contributed by atoms with Crippen LogP contribution in [0.25, 0.3) is 11.2 Å². The number of nitrogens with zero attached hydrogens (tertiary/aromatic N) is 4. The van der Waals surface area contributed by atoms with Crippen LogP contribution >= 0.6 is 0 Å². The monoisotopic (exact) mass is 297 g/mol. The van der Waals surface area contributed by atoms with Crippen LogP contribution in [0, 0.1) is 5.92 Å². The van der Waals surface area contributed by atoms with Crippen LogP contribution in [0.3, 0.4) is 0 Å². The normalized spacial score (nSPS) is 23.5. The van der Waals surface area contributed by atoms with Crippen molar-refractivity contribution in [1.29, 1.82) is 0 Å². The number of anilines is 1. The van der Waals surface area contributed by atoms with Gasteiger partial charge in [-0.05, 0) is 0 Å². The van der Waals surface area contributed by atoms with Gasteiger partial charge in [0.15, 0.2) is 23.2 Å². The Morgan fingerprint density at radius 3 is 2.91 bits per heavy atom. The van der Waals surface area contributed by atoms with E-state index in [0.717, 1.165) is 12.6 Å². The lowest BCUT2D eigenvalue weighted by Crippen LogP contribution is -2.42. The standard InChI is InChI=1S/C14H11N5O3/c20-3-8-2-19(11-1-10(8)9(4-21)5-22-11)14-12-13(16-6-15-12)17-7-18-14/h2-7,10-11H,1H2,(H,15,16,17,18). The van der Waals surface area contributed by atoms with Crippen molar-refractivity contribution < 1.29 is 14.3 Å². The molecule has 2 atom stereocenters. The third-order valence-corrected chi connectivity index (χ3v) is 3.92. The molecule has 0 saturated carbocycles. The summed E-state index contributed by atoms with van der Waals surface area (Å²) in [4.78, 5) is 39.7. The number of aldehydes is 2. The SMILES string of the molecule is O=CC1=COC2CC1C(C=O)=CN2c1ncnc2[nH]cnc12. The maximum atomic E-state index is 11.4. The molecule has 2 aliphatic rings. The van der Waals surface area contributed by atoms with Crippen LogP contribution < -0.4 is 4.90 Å². The quantitative estimate of drug-likeness (QED) is 0.832. The molecule has 0 saturated heterocycles. The summed E-state index contributed by atoms with van der Waals surface area (Å²) in [6, 6.07) is 0. The summed E-state index contributed by atoms with van der Waals surface area (Å²) in [6.45, 7) is 0. The molecule has 2 aromatic heterocycles. The second kappa shape index (κ2) is 4.76. The zero-order chi connectivity index (χ0) is 15.1. The Labute approximate surface area is 124 Å². The van der Waals surface area contributed by atoms with Crippen LogP contribution in [0.15, 0.2) is 36.3 Å². The fraction of sp³-hybridized carbons (Fsp3) is 0.214. The van der Waals surface area contributed by atoms with E-state index in [1.807, 2.05) is 0 Å². The van der Waals surface area contributed by atoms with Gasteiger partial charge in [-0.1, -0.05) is 0 Å². The Kier molecular flexibility index (Phi) is 2.75. The minimum Gasteiger partial charge on any atom is -0.477 e. The lowest BCUT2D eigenvalue weighted by atomic mass is 9.85. The van der Waals surface area contributed by atoms with E-state index >= 15 is 0 Å². The average molecular weight is 297 g/mol. The second-order valence-corrected chi connectivity index (χ2v) is 5.07. The van der Waals surface area contributed by atoms with Crippen LogP contribution in [0.5, 0.6) is 0 Å². The maximum Gasteiger partial charge on any atom is 0.177 e. The number of hydrogen-bond donors (Lipinski definition) is 1. The van der Waals surface area contributed by atoms with Crippen LogP contribution in [0.4, 0.5) is 5.82 Å². The first kappa shape index (κ1) is 12.7. The molecular weight excluding hydrogens is 286 g/mol. The van der Waals surface area contributed by atoms with Gasteiger partial charge in [0.1, 0.15) is 18.9 Å². The number of imidazole rings is 1. The Hall–Kier alpha value is -3.03. The predicted octanol–water partition coefficient (Wildman–Crippen LogP) is 0.701. The number of ether oxygens (including phenoxy) is 1. The van der Waals surface area contributed by atoms with Gasteiger partial charge in [0.05, 0.1) is 12.6 Å². The molecule has 0 aromatic carbocycles. The summed E-state index contributed by atoms with van der Waals surface area (Å²) in [5, 5.41) is 0. The van der Waals surface area contributed by atoms with Crippen molar-refractivity contribution in [2.24, 2.45) is 5.92 Å². The molecule has 22 heavy (non-hydrogen) atoms. The third-order valence-electron chi connectivity index (χ3n) is 3.92. The first-order chi connectivity index (χ1) is 10.8. The van der Waals surface area contributed by atoms with E-state index in [4.69, 9.17) is 4.74 Å². The molecule has 4 heterocycles. The van der Waals surface area contributed by atoms with Gasteiger partial charge in [-0.2, -0.15) is 0 Å². The van der Waals surface area contributed by atoms with Gasteiger partial charge < -0.3 is 9.72 Å². The van der Waals surface area contributed by atoms with Crippen LogP contribution in [0.1, 0.15) is 6.42 Å². The van der Waals surface area contributed by atoms with Gasteiger partial charge in [0.2, 0.25) is 0 Å². The van der Waals surface area contributed by atoms with Crippen molar-refractivity contribution in [1.82, 2.24) is 19.9 Å². The van der Waals surface area contributed by atoms with Crippen molar-refractivity contribution in [3.8, 4) is 0 Å². The second-order valence-electron chi connectivity index (χ2n) is 5.07. The summed E-state index contributed by atoms with van der Waals surface area (Å²) in [5.41, 5.74) is 2.19. The molecule has 0 amide bonds. The highest BCUT2D eigenvalue weighted by Gasteiger charge is 2.37. The Morgan fingerprint density at radius 2 is 2.09 bits per heavy atom. The van der Waals surface area contributed by atoms with Gasteiger partial charge >= 0.3 is 0 Å². The number of H-pyrrole nitrogens is 1. The summed E-state index contributed by atoms with van der Waals surface area (Å²) in [6.07, 6.45) is 7.69. The number of fused-ring (bicyclic) bond motifs is 3. The van der Waals surface area contributed by atoms with Crippen molar-refractivity contribution in [3.05, 3.63) is 36.3 Å². The van der Waals surface area contributed by atoms with E-state index in [-0.39, 0.29) is 12.1 Å².